The van der Waals surface area contributed by atoms with Crippen molar-refractivity contribution >= 4 is 23.7 Å². The third-order valence-electron chi connectivity index (χ3n) is 2.38. The van der Waals surface area contributed by atoms with Crippen LogP contribution in [0.1, 0.15) is 5.56 Å². The van der Waals surface area contributed by atoms with Gasteiger partial charge in [-0.3, -0.25) is 4.79 Å². The number of benzene rings is 1. The zero-order valence-corrected chi connectivity index (χ0v) is 10.9. The Hall–Kier alpha value is -2.20. The van der Waals surface area contributed by atoms with Gasteiger partial charge in [-0.05, 0) is 17.7 Å². The third kappa shape index (κ3) is 4.52. The van der Waals surface area contributed by atoms with Crippen LogP contribution in [0.3, 0.4) is 0 Å². The fourth-order valence-electron chi connectivity index (χ4n) is 1.47. The summed E-state index contributed by atoms with van der Waals surface area (Å²) in [6, 6.07) is 12.8. The molecule has 0 radical (unpaired) electrons. The van der Waals surface area contributed by atoms with Gasteiger partial charge in [-0.25, -0.2) is 5.43 Å². The maximum absolute atomic E-state index is 11.6. The molecule has 1 N–H and O–H groups in total. The number of nitrogens with zero attached hydrogens (tertiary/aromatic N) is 2. The Morgan fingerprint density at radius 1 is 1.21 bits per heavy atom. The molecule has 4 nitrogen and oxygen atoms in total. The van der Waals surface area contributed by atoms with E-state index in [0.29, 0.717) is 5.02 Å². The van der Waals surface area contributed by atoms with Gasteiger partial charge in [-0.15, -0.1) is 0 Å². The minimum absolute atomic E-state index is 0.179. The molecule has 5 heteroatoms. The molecule has 1 amide bonds. The van der Waals surface area contributed by atoms with Gasteiger partial charge in [0.2, 0.25) is 6.54 Å². The van der Waals surface area contributed by atoms with E-state index in [1.807, 2.05) is 42.7 Å². The standard InChI is InChI=1S/C14H12ClN3O/c15-13-6-4-12(5-7-13)10-16-17-14(19)11-18-8-2-1-3-9-18/h1-10H,11H2/p+1/b16-10-. The zero-order chi connectivity index (χ0) is 13.5. The lowest BCUT2D eigenvalue weighted by Crippen LogP contribution is -2.40. The first-order valence-corrected chi connectivity index (χ1v) is 6.13. The van der Waals surface area contributed by atoms with Crippen LogP contribution < -0.4 is 9.99 Å². The summed E-state index contributed by atoms with van der Waals surface area (Å²) in [6.45, 7) is 0.235. The largest absolute Gasteiger partial charge is 0.305 e. The van der Waals surface area contributed by atoms with Gasteiger partial charge >= 0.3 is 5.91 Å². The molecule has 0 saturated heterocycles. The zero-order valence-electron chi connectivity index (χ0n) is 10.2. The molecular weight excluding hydrogens is 262 g/mol. The summed E-state index contributed by atoms with van der Waals surface area (Å²) >= 11 is 5.77. The van der Waals surface area contributed by atoms with Crippen molar-refractivity contribution in [2.24, 2.45) is 5.10 Å². The Kier molecular flexibility index (Phi) is 4.64. The molecule has 0 aliphatic rings. The number of hydrogen-bond acceptors (Lipinski definition) is 2. The van der Waals surface area contributed by atoms with E-state index in [0.717, 1.165) is 5.56 Å². The molecule has 96 valence electrons. The Bertz CT molecular complexity index is 567. The quantitative estimate of drug-likeness (QED) is 0.516. The number of rotatable bonds is 4. The predicted molar refractivity (Wildman–Crippen MR) is 73.8 cm³/mol. The highest BCUT2D eigenvalue weighted by Crippen LogP contribution is 2.07. The fourth-order valence-corrected chi connectivity index (χ4v) is 1.59. The molecule has 1 aromatic carbocycles. The average Bonchev–Trinajstić information content (AvgIpc) is 2.42. The number of hydrogen-bond donors (Lipinski definition) is 1. The highest BCUT2D eigenvalue weighted by Gasteiger charge is 2.06. The monoisotopic (exact) mass is 274 g/mol. The molecule has 0 saturated carbocycles. The molecular formula is C14H13ClN3O+. The van der Waals surface area contributed by atoms with Crippen molar-refractivity contribution in [2.45, 2.75) is 6.54 Å². The maximum Gasteiger partial charge on any atom is 0.305 e. The normalized spacial score (nSPS) is 10.6. The highest BCUT2D eigenvalue weighted by atomic mass is 35.5. The van der Waals surface area contributed by atoms with Gasteiger partial charge in [0.1, 0.15) is 0 Å². The second-order valence-electron chi connectivity index (χ2n) is 3.89. The van der Waals surface area contributed by atoms with Gasteiger partial charge in [0, 0.05) is 17.2 Å². The average molecular weight is 275 g/mol. The van der Waals surface area contributed by atoms with Gasteiger partial charge < -0.3 is 0 Å². The van der Waals surface area contributed by atoms with Crippen molar-refractivity contribution in [3.8, 4) is 0 Å². The second kappa shape index (κ2) is 6.66. The summed E-state index contributed by atoms with van der Waals surface area (Å²) in [5, 5.41) is 4.55. The summed E-state index contributed by atoms with van der Waals surface area (Å²) in [5.41, 5.74) is 3.34. The molecule has 0 fully saturated rings. The lowest BCUT2D eigenvalue weighted by atomic mass is 10.2. The van der Waals surface area contributed by atoms with E-state index in [9.17, 15) is 4.79 Å². The minimum Gasteiger partial charge on any atom is -0.266 e. The molecule has 19 heavy (non-hydrogen) atoms. The van der Waals surface area contributed by atoms with Crippen LogP contribution >= 0.6 is 11.6 Å². The summed E-state index contributed by atoms with van der Waals surface area (Å²) in [7, 11) is 0. The van der Waals surface area contributed by atoms with E-state index >= 15 is 0 Å². The molecule has 1 aromatic heterocycles. The SMILES string of the molecule is O=C(C[n+]1ccccc1)N/N=C\c1ccc(Cl)cc1. The Labute approximate surface area is 116 Å². The molecule has 1 heterocycles. The molecule has 0 unspecified atom stereocenters. The van der Waals surface area contributed by atoms with E-state index in [-0.39, 0.29) is 12.5 Å². The Morgan fingerprint density at radius 2 is 1.89 bits per heavy atom. The van der Waals surface area contributed by atoms with Crippen LogP contribution in [-0.2, 0) is 11.3 Å². The summed E-state index contributed by atoms with van der Waals surface area (Å²) in [4.78, 5) is 11.6. The van der Waals surface area contributed by atoms with E-state index in [1.54, 1.807) is 22.9 Å². The molecule has 0 aliphatic carbocycles. The van der Waals surface area contributed by atoms with Gasteiger partial charge in [-0.1, -0.05) is 29.8 Å². The van der Waals surface area contributed by atoms with Crippen LogP contribution in [0.4, 0.5) is 0 Å². The molecule has 2 rings (SSSR count). The van der Waals surface area contributed by atoms with Crippen molar-refractivity contribution in [1.29, 1.82) is 0 Å². The number of pyridine rings is 1. The predicted octanol–water partition coefficient (Wildman–Crippen LogP) is 1.78. The smallest absolute Gasteiger partial charge is 0.266 e. The first-order chi connectivity index (χ1) is 9.24. The molecule has 0 atom stereocenters. The van der Waals surface area contributed by atoms with Gasteiger partial charge in [0.05, 0.1) is 6.21 Å². The number of nitrogens with one attached hydrogen (secondary N) is 1. The Balaban J connectivity index is 1.85. The summed E-state index contributed by atoms with van der Waals surface area (Å²) in [6.07, 6.45) is 5.22. The summed E-state index contributed by atoms with van der Waals surface area (Å²) in [5.74, 6) is -0.179. The topological polar surface area (TPSA) is 45.3 Å². The van der Waals surface area contributed by atoms with Crippen LogP contribution in [-0.4, -0.2) is 12.1 Å². The lowest BCUT2D eigenvalue weighted by Gasteiger charge is -1.96. The van der Waals surface area contributed by atoms with Gasteiger partial charge in [0.15, 0.2) is 12.4 Å². The number of aromatic nitrogens is 1. The van der Waals surface area contributed by atoms with Crippen molar-refractivity contribution in [2.75, 3.05) is 0 Å². The number of amides is 1. The van der Waals surface area contributed by atoms with Crippen molar-refractivity contribution in [3.63, 3.8) is 0 Å². The van der Waals surface area contributed by atoms with Crippen LogP contribution in [0.5, 0.6) is 0 Å². The molecule has 0 bridgehead atoms. The van der Waals surface area contributed by atoms with Crippen molar-refractivity contribution in [1.82, 2.24) is 5.43 Å². The van der Waals surface area contributed by atoms with Crippen LogP contribution in [0.25, 0.3) is 0 Å². The second-order valence-corrected chi connectivity index (χ2v) is 4.33. The fraction of sp³-hybridized carbons (Fsp3) is 0.0714. The van der Waals surface area contributed by atoms with E-state index in [1.165, 1.54) is 0 Å². The van der Waals surface area contributed by atoms with Crippen molar-refractivity contribution in [3.05, 3.63) is 65.4 Å². The van der Waals surface area contributed by atoms with Gasteiger partial charge in [-0.2, -0.15) is 9.67 Å². The molecule has 0 spiro atoms. The van der Waals surface area contributed by atoms with E-state index in [2.05, 4.69) is 10.5 Å². The van der Waals surface area contributed by atoms with E-state index < -0.39 is 0 Å². The highest BCUT2D eigenvalue weighted by molar-refractivity contribution is 6.30. The first-order valence-electron chi connectivity index (χ1n) is 5.75. The number of carbonyl (C=O) groups excluding carboxylic acids is 1. The van der Waals surface area contributed by atoms with Crippen LogP contribution in [0.15, 0.2) is 60.0 Å². The number of halogens is 1. The minimum atomic E-state index is -0.179. The van der Waals surface area contributed by atoms with E-state index in [4.69, 9.17) is 11.6 Å². The Morgan fingerprint density at radius 3 is 2.58 bits per heavy atom. The van der Waals surface area contributed by atoms with Crippen molar-refractivity contribution < 1.29 is 9.36 Å². The van der Waals surface area contributed by atoms with Crippen LogP contribution in [0, 0.1) is 0 Å². The number of hydrazone groups is 1. The van der Waals surface area contributed by atoms with Gasteiger partial charge in [0.25, 0.3) is 0 Å². The number of carbonyl (C=O) groups is 1. The lowest BCUT2D eigenvalue weighted by molar-refractivity contribution is -0.684. The van der Waals surface area contributed by atoms with Crippen LogP contribution in [0.2, 0.25) is 5.02 Å². The first kappa shape index (κ1) is 13.2. The summed E-state index contributed by atoms with van der Waals surface area (Å²) < 4.78 is 1.77. The molecule has 0 aliphatic heterocycles. The molecule has 2 aromatic rings. The third-order valence-corrected chi connectivity index (χ3v) is 2.63. The maximum atomic E-state index is 11.6.